The number of urea groups is 1. The van der Waals surface area contributed by atoms with E-state index in [0.29, 0.717) is 0 Å². The number of nitrogens with one attached hydrogen (secondary N) is 1. The number of sulfone groups is 1. The van der Waals surface area contributed by atoms with Crippen LogP contribution in [0.3, 0.4) is 0 Å². The fourth-order valence-electron chi connectivity index (χ4n) is 1.52. The van der Waals surface area contributed by atoms with E-state index in [0.717, 1.165) is 6.26 Å². The summed E-state index contributed by atoms with van der Waals surface area (Å²) in [7, 11) is -3.30. The molecule has 0 saturated heterocycles. The summed E-state index contributed by atoms with van der Waals surface area (Å²) in [5.74, 6) is -1.62. The van der Waals surface area contributed by atoms with E-state index < -0.39 is 27.9 Å². The van der Waals surface area contributed by atoms with Crippen LogP contribution in [0.15, 0.2) is 0 Å². The van der Waals surface area contributed by atoms with Crippen molar-refractivity contribution in [3.63, 3.8) is 0 Å². The Kier molecular flexibility index (Phi) is 7.51. The van der Waals surface area contributed by atoms with Crippen molar-refractivity contribution in [3.05, 3.63) is 0 Å². The molecule has 0 rings (SSSR count). The zero-order valence-electron chi connectivity index (χ0n) is 11.9. The number of carboxylic acid groups (broad SMARTS) is 1. The molecule has 0 saturated carbocycles. The van der Waals surface area contributed by atoms with Crippen molar-refractivity contribution in [2.45, 2.75) is 32.4 Å². The third kappa shape index (κ3) is 7.29. The molecule has 0 fully saturated rings. The third-order valence-corrected chi connectivity index (χ3v) is 3.58. The molecule has 2 amide bonds. The van der Waals surface area contributed by atoms with E-state index in [1.165, 1.54) is 4.90 Å². The molecular formula is C11H22N2O6S. The molecule has 0 heterocycles. The average molecular weight is 310 g/mol. The first kappa shape index (κ1) is 18.7. The molecule has 0 aliphatic heterocycles. The van der Waals surface area contributed by atoms with Crippen molar-refractivity contribution in [3.8, 4) is 0 Å². The van der Waals surface area contributed by atoms with E-state index >= 15 is 0 Å². The fraction of sp³-hybridized carbons (Fsp3) is 0.818. The maximum Gasteiger partial charge on any atom is 0.326 e. The molecular weight excluding hydrogens is 288 g/mol. The molecule has 1 atom stereocenters. The second-order valence-electron chi connectivity index (χ2n) is 4.77. The molecule has 118 valence electrons. The number of carboxylic acids is 1. The summed E-state index contributed by atoms with van der Waals surface area (Å²) < 4.78 is 22.1. The Hall–Kier alpha value is -1.35. The number of hydrogen-bond acceptors (Lipinski definition) is 5. The number of hydrogen-bond donors (Lipinski definition) is 3. The lowest BCUT2D eigenvalue weighted by Gasteiger charge is -2.27. The average Bonchev–Trinajstić information content (AvgIpc) is 2.29. The van der Waals surface area contributed by atoms with Gasteiger partial charge in [0.2, 0.25) is 0 Å². The Labute approximate surface area is 118 Å². The third-order valence-electron chi connectivity index (χ3n) is 2.60. The van der Waals surface area contributed by atoms with Gasteiger partial charge in [0.1, 0.15) is 15.9 Å². The lowest BCUT2D eigenvalue weighted by molar-refractivity contribution is -0.139. The molecule has 0 aliphatic rings. The van der Waals surface area contributed by atoms with Crippen molar-refractivity contribution in [1.29, 1.82) is 0 Å². The first-order chi connectivity index (χ1) is 9.08. The van der Waals surface area contributed by atoms with Gasteiger partial charge in [0.15, 0.2) is 0 Å². The summed E-state index contributed by atoms with van der Waals surface area (Å²) in [5, 5.41) is 20.1. The minimum atomic E-state index is -3.30. The minimum Gasteiger partial charge on any atom is -0.480 e. The number of carbonyl (C=O) groups excluding carboxylic acids is 1. The maximum absolute atomic E-state index is 11.9. The SMILES string of the molecule is CC(C)N(CCO)C(=O)NC(CCS(C)(=O)=O)C(=O)O. The Morgan fingerprint density at radius 1 is 1.30 bits per heavy atom. The monoisotopic (exact) mass is 310 g/mol. The predicted molar refractivity (Wildman–Crippen MR) is 73.2 cm³/mol. The van der Waals surface area contributed by atoms with E-state index in [1.807, 2.05) is 0 Å². The van der Waals surface area contributed by atoms with Gasteiger partial charge in [0.25, 0.3) is 0 Å². The van der Waals surface area contributed by atoms with Crippen LogP contribution < -0.4 is 5.32 Å². The summed E-state index contributed by atoms with van der Waals surface area (Å²) in [5.41, 5.74) is 0. The first-order valence-corrected chi connectivity index (χ1v) is 8.23. The van der Waals surface area contributed by atoms with Crippen LogP contribution in [0.1, 0.15) is 20.3 Å². The summed E-state index contributed by atoms with van der Waals surface area (Å²) in [6.07, 6.45) is 0.797. The van der Waals surface area contributed by atoms with Gasteiger partial charge in [-0.3, -0.25) is 0 Å². The molecule has 0 radical (unpaired) electrons. The van der Waals surface area contributed by atoms with Crippen LogP contribution in [0.4, 0.5) is 4.79 Å². The number of amides is 2. The topological polar surface area (TPSA) is 124 Å². The number of aliphatic hydroxyl groups excluding tert-OH is 1. The molecule has 8 nitrogen and oxygen atoms in total. The van der Waals surface area contributed by atoms with Crippen molar-refractivity contribution >= 4 is 21.8 Å². The number of aliphatic carboxylic acids is 1. The van der Waals surface area contributed by atoms with Crippen molar-refractivity contribution in [2.75, 3.05) is 25.2 Å². The van der Waals surface area contributed by atoms with Gasteiger partial charge in [-0.1, -0.05) is 0 Å². The van der Waals surface area contributed by atoms with Crippen LogP contribution in [-0.2, 0) is 14.6 Å². The van der Waals surface area contributed by atoms with Gasteiger partial charge in [0.05, 0.1) is 12.4 Å². The summed E-state index contributed by atoms with van der Waals surface area (Å²) >= 11 is 0. The number of carbonyl (C=O) groups is 2. The molecule has 1 unspecified atom stereocenters. The lowest BCUT2D eigenvalue weighted by atomic mass is 10.2. The molecule has 20 heavy (non-hydrogen) atoms. The summed E-state index contributed by atoms with van der Waals surface area (Å²) in [4.78, 5) is 24.2. The first-order valence-electron chi connectivity index (χ1n) is 6.17. The number of rotatable bonds is 8. The molecule has 0 aromatic carbocycles. The summed E-state index contributed by atoms with van der Waals surface area (Å²) in [6, 6.07) is -2.14. The Bertz CT molecular complexity index is 434. The molecule has 0 bridgehead atoms. The number of nitrogens with zero attached hydrogens (tertiary/aromatic N) is 1. The van der Waals surface area contributed by atoms with Crippen LogP contribution in [0.2, 0.25) is 0 Å². The predicted octanol–water partition coefficient (Wildman–Crippen LogP) is -0.713. The minimum absolute atomic E-state index is 0.0713. The van der Waals surface area contributed by atoms with Crippen molar-refractivity contribution in [2.24, 2.45) is 0 Å². The van der Waals surface area contributed by atoms with Crippen molar-refractivity contribution < 1.29 is 28.2 Å². The highest BCUT2D eigenvalue weighted by Gasteiger charge is 2.25. The summed E-state index contributed by atoms with van der Waals surface area (Å²) in [6.45, 7) is 3.28. The van der Waals surface area contributed by atoms with Gasteiger partial charge >= 0.3 is 12.0 Å². The molecule has 0 aliphatic carbocycles. The van der Waals surface area contributed by atoms with Gasteiger partial charge < -0.3 is 20.4 Å². The van der Waals surface area contributed by atoms with Gasteiger partial charge in [-0.15, -0.1) is 0 Å². The molecule has 0 aromatic rings. The van der Waals surface area contributed by atoms with Crippen molar-refractivity contribution in [1.82, 2.24) is 10.2 Å². The quantitative estimate of drug-likeness (QED) is 0.544. The standard InChI is InChI=1S/C11H22N2O6S/c1-8(2)13(5-6-14)11(17)12-9(10(15)16)4-7-20(3,18)19/h8-9,14H,4-7H2,1-3H3,(H,12,17)(H,15,16). The normalized spacial score (nSPS) is 13.1. The molecule has 3 N–H and O–H groups in total. The lowest BCUT2D eigenvalue weighted by Crippen LogP contribution is -2.51. The number of aliphatic hydroxyl groups is 1. The van der Waals surface area contributed by atoms with E-state index in [9.17, 15) is 18.0 Å². The highest BCUT2D eigenvalue weighted by atomic mass is 32.2. The largest absolute Gasteiger partial charge is 0.480 e. The maximum atomic E-state index is 11.9. The Balaban J connectivity index is 4.73. The van der Waals surface area contributed by atoms with Crippen LogP contribution in [0.25, 0.3) is 0 Å². The van der Waals surface area contributed by atoms with E-state index in [4.69, 9.17) is 10.2 Å². The highest BCUT2D eigenvalue weighted by Crippen LogP contribution is 2.02. The zero-order chi connectivity index (χ0) is 15.9. The van der Waals surface area contributed by atoms with E-state index in [2.05, 4.69) is 5.32 Å². The second-order valence-corrected chi connectivity index (χ2v) is 7.03. The zero-order valence-corrected chi connectivity index (χ0v) is 12.7. The van der Waals surface area contributed by atoms with Gasteiger partial charge in [0, 0.05) is 18.8 Å². The molecule has 9 heteroatoms. The van der Waals surface area contributed by atoms with Crippen LogP contribution in [0, 0.1) is 0 Å². The highest BCUT2D eigenvalue weighted by molar-refractivity contribution is 7.90. The van der Waals surface area contributed by atoms with E-state index in [1.54, 1.807) is 13.8 Å². The second kappa shape index (κ2) is 8.05. The molecule has 0 spiro atoms. The Morgan fingerprint density at radius 3 is 2.20 bits per heavy atom. The van der Waals surface area contributed by atoms with Gasteiger partial charge in [-0.2, -0.15) is 0 Å². The molecule has 0 aromatic heterocycles. The van der Waals surface area contributed by atoms with Gasteiger partial charge in [-0.05, 0) is 20.3 Å². The van der Waals surface area contributed by atoms with Gasteiger partial charge in [-0.25, -0.2) is 18.0 Å². The van der Waals surface area contributed by atoms with Crippen LogP contribution in [-0.4, -0.2) is 72.8 Å². The van der Waals surface area contributed by atoms with Crippen LogP contribution in [0.5, 0.6) is 0 Å². The van der Waals surface area contributed by atoms with Crippen LogP contribution >= 0.6 is 0 Å². The Morgan fingerprint density at radius 2 is 1.85 bits per heavy atom. The van der Waals surface area contributed by atoms with E-state index in [-0.39, 0.29) is 31.4 Å². The smallest absolute Gasteiger partial charge is 0.326 e. The fourth-order valence-corrected chi connectivity index (χ4v) is 2.19.